The van der Waals surface area contributed by atoms with Gasteiger partial charge in [-0.3, -0.25) is 0 Å². The zero-order valence-electron chi connectivity index (χ0n) is 14.5. The number of rotatable bonds is 5. The summed E-state index contributed by atoms with van der Waals surface area (Å²) in [6.07, 6.45) is 3.66. The molecule has 0 spiro atoms. The van der Waals surface area contributed by atoms with Gasteiger partial charge in [0.15, 0.2) is 0 Å². The van der Waals surface area contributed by atoms with Gasteiger partial charge in [0.25, 0.3) is 0 Å². The van der Waals surface area contributed by atoms with Crippen molar-refractivity contribution in [2.45, 2.75) is 77.8 Å². The summed E-state index contributed by atoms with van der Waals surface area (Å²) >= 11 is 0. The van der Waals surface area contributed by atoms with Gasteiger partial charge in [-0.2, -0.15) is 0 Å². The fourth-order valence-electron chi connectivity index (χ4n) is 3.91. The molecule has 0 aromatic heterocycles. The van der Waals surface area contributed by atoms with Crippen LogP contribution >= 0.6 is 0 Å². The molecule has 1 aliphatic rings. The number of aryl methyl sites for hydroxylation is 1. The van der Waals surface area contributed by atoms with Gasteiger partial charge in [0.2, 0.25) is 0 Å². The molecule has 2 atom stereocenters. The summed E-state index contributed by atoms with van der Waals surface area (Å²) in [5, 5.41) is 9.80. The van der Waals surface area contributed by atoms with E-state index in [1.165, 1.54) is 11.1 Å². The molecular weight excluding hydrogens is 274 g/mol. The minimum atomic E-state index is -0.705. The van der Waals surface area contributed by atoms with Crippen molar-refractivity contribution in [3.8, 4) is 0 Å². The Morgan fingerprint density at radius 2 is 2.14 bits per heavy atom. The van der Waals surface area contributed by atoms with Crippen LogP contribution in [0.1, 0.15) is 70.4 Å². The van der Waals surface area contributed by atoms with Gasteiger partial charge >= 0.3 is 5.97 Å². The van der Waals surface area contributed by atoms with Crippen LogP contribution in [0.25, 0.3) is 0 Å². The van der Waals surface area contributed by atoms with Gasteiger partial charge < -0.3 is 10.0 Å². The highest BCUT2D eigenvalue weighted by atomic mass is 16.4. The summed E-state index contributed by atoms with van der Waals surface area (Å²) < 4.78 is 0. The van der Waals surface area contributed by atoms with Crippen LogP contribution in [0.4, 0.5) is 5.69 Å². The molecule has 0 saturated heterocycles. The Labute approximate surface area is 134 Å². The molecule has 0 aliphatic carbocycles. The Hall–Kier alpha value is -1.51. The van der Waals surface area contributed by atoms with E-state index in [0.29, 0.717) is 12.3 Å². The lowest BCUT2D eigenvalue weighted by Crippen LogP contribution is -2.56. The maximum Gasteiger partial charge on any atom is 0.326 e. The summed E-state index contributed by atoms with van der Waals surface area (Å²) in [4.78, 5) is 14.1. The van der Waals surface area contributed by atoms with Crippen molar-refractivity contribution < 1.29 is 9.90 Å². The molecule has 0 saturated carbocycles. The molecule has 1 aromatic carbocycles. The zero-order valence-corrected chi connectivity index (χ0v) is 14.5. The summed E-state index contributed by atoms with van der Waals surface area (Å²) in [6, 6.07) is 6.03. The number of aliphatic carboxylic acids is 1. The van der Waals surface area contributed by atoms with Crippen LogP contribution in [0.15, 0.2) is 18.2 Å². The number of anilines is 1. The van der Waals surface area contributed by atoms with Gasteiger partial charge in [0.05, 0.1) is 0 Å². The molecule has 1 aliphatic heterocycles. The van der Waals surface area contributed by atoms with Crippen molar-refractivity contribution in [3.63, 3.8) is 0 Å². The first-order valence-corrected chi connectivity index (χ1v) is 8.40. The molecule has 0 fully saturated rings. The third kappa shape index (κ3) is 3.13. The van der Waals surface area contributed by atoms with Gasteiger partial charge in [-0.15, -0.1) is 0 Å². The molecule has 2 rings (SSSR count). The van der Waals surface area contributed by atoms with Crippen LogP contribution in [0.5, 0.6) is 0 Å². The number of carbonyl (C=O) groups is 1. The monoisotopic (exact) mass is 303 g/mol. The van der Waals surface area contributed by atoms with Gasteiger partial charge in [0, 0.05) is 11.2 Å². The Balaban J connectivity index is 2.53. The van der Waals surface area contributed by atoms with Crippen LogP contribution in [0.3, 0.4) is 0 Å². The second-order valence-corrected chi connectivity index (χ2v) is 7.35. The normalized spacial score (nSPS) is 21.3. The first-order valence-electron chi connectivity index (χ1n) is 8.40. The maximum absolute atomic E-state index is 11.9. The van der Waals surface area contributed by atoms with E-state index in [9.17, 15) is 9.90 Å². The zero-order chi connectivity index (χ0) is 16.5. The van der Waals surface area contributed by atoms with Crippen LogP contribution < -0.4 is 4.90 Å². The molecule has 0 bridgehead atoms. The van der Waals surface area contributed by atoms with E-state index < -0.39 is 12.0 Å². The second kappa shape index (κ2) is 6.31. The van der Waals surface area contributed by atoms with Crippen molar-refractivity contribution in [2.75, 3.05) is 4.90 Å². The van der Waals surface area contributed by atoms with Crippen LogP contribution in [-0.4, -0.2) is 22.7 Å². The number of carboxylic acids is 1. The molecule has 1 N–H and O–H groups in total. The first kappa shape index (κ1) is 16.9. The third-order valence-electron chi connectivity index (χ3n) is 4.86. The fraction of sp³-hybridized carbons (Fsp3) is 0.632. The largest absolute Gasteiger partial charge is 0.480 e. The Bertz CT molecular complexity index is 550. The van der Waals surface area contributed by atoms with Gasteiger partial charge in [-0.1, -0.05) is 38.8 Å². The molecule has 22 heavy (non-hydrogen) atoms. The first-order chi connectivity index (χ1) is 10.3. The fourth-order valence-corrected chi connectivity index (χ4v) is 3.91. The van der Waals surface area contributed by atoms with Crippen molar-refractivity contribution >= 4 is 11.7 Å². The van der Waals surface area contributed by atoms with Crippen molar-refractivity contribution in [3.05, 3.63) is 29.3 Å². The molecule has 2 unspecified atom stereocenters. The molecule has 122 valence electrons. The van der Waals surface area contributed by atoms with Crippen molar-refractivity contribution in [1.82, 2.24) is 0 Å². The summed E-state index contributed by atoms with van der Waals surface area (Å²) in [5.41, 5.74) is 3.45. The highest BCUT2D eigenvalue weighted by Crippen LogP contribution is 2.45. The third-order valence-corrected chi connectivity index (χ3v) is 4.86. The van der Waals surface area contributed by atoms with E-state index in [2.05, 4.69) is 57.7 Å². The Morgan fingerprint density at radius 3 is 2.73 bits per heavy atom. The number of fused-ring (bicyclic) bond motifs is 1. The number of hydrogen-bond acceptors (Lipinski definition) is 2. The van der Waals surface area contributed by atoms with Gasteiger partial charge in [-0.25, -0.2) is 4.79 Å². The van der Waals surface area contributed by atoms with Crippen LogP contribution in [-0.2, 0) is 4.79 Å². The summed E-state index contributed by atoms with van der Waals surface area (Å²) in [5.74, 6) is -0.244. The van der Waals surface area contributed by atoms with Crippen molar-refractivity contribution in [2.24, 2.45) is 0 Å². The lowest BCUT2D eigenvalue weighted by atomic mass is 9.78. The van der Waals surface area contributed by atoms with E-state index in [-0.39, 0.29) is 5.54 Å². The van der Waals surface area contributed by atoms with E-state index in [1.54, 1.807) is 0 Å². The quantitative estimate of drug-likeness (QED) is 0.854. The van der Waals surface area contributed by atoms with Gasteiger partial charge in [0.1, 0.15) is 6.04 Å². The Morgan fingerprint density at radius 1 is 1.45 bits per heavy atom. The number of unbranched alkanes of at least 4 members (excludes halogenated alkanes) is 1. The average Bonchev–Trinajstić information content (AvgIpc) is 2.40. The average molecular weight is 303 g/mol. The highest BCUT2D eigenvalue weighted by molar-refractivity contribution is 5.80. The van der Waals surface area contributed by atoms with Crippen LogP contribution in [0, 0.1) is 6.92 Å². The molecule has 0 amide bonds. The van der Waals surface area contributed by atoms with E-state index in [0.717, 1.165) is 24.9 Å². The predicted molar refractivity (Wildman–Crippen MR) is 91.7 cm³/mol. The number of hydrogen-bond donors (Lipinski definition) is 1. The van der Waals surface area contributed by atoms with E-state index >= 15 is 0 Å². The van der Waals surface area contributed by atoms with Crippen molar-refractivity contribution in [1.29, 1.82) is 0 Å². The number of nitrogens with zero attached hydrogens (tertiary/aromatic N) is 1. The Kier molecular flexibility index (Phi) is 4.84. The molecule has 1 aromatic rings. The predicted octanol–water partition coefficient (Wildman–Crippen LogP) is 4.73. The van der Waals surface area contributed by atoms with E-state index in [4.69, 9.17) is 0 Å². The molecule has 3 nitrogen and oxygen atoms in total. The number of carboxylic acid groups (broad SMARTS) is 1. The lowest BCUT2D eigenvalue weighted by molar-refractivity contribution is -0.139. The summed E-state index contributed by atoms with van der Waals surface area (Å²) in [6.45, 7) is 10.8. The van der Waals surface area contributed by atoms with E-state index in [1.807, 2.05) is 0 Å². The minimum Gasteiger partial charge on any atom is -0.480 e. The lowest BCUT2D eigenvalue weighted by Gasteiger charge is -2.50. The maximum atomic E-state index is 11.9. The summed E-state index contributed by atoms with van der Waals surface area (Å²) in [7, 11) is 0. The standard InChI is InChI=1S/C19H29NO2/c1-6-7-8-16(18(21)22)20-17-11-13(2)9-10-15(17)14(3)12-19(20,4)5/h9-11,14,16H,6-8,12H2,1-5H3,(H,21,22). The topological polar surface area (TPSA) is 40.5 Å². The smallest absolute Gasteiger partial charge is 0.326 e. The SMILES string of the molecule is CCCCC(C(=O)O)N1c2cc(C)ccc2C(C)CC1(C)C. The number of benzene rings is 1. The van der Waals surface area contributed by atoms with Crippen LogP contribution in [0.2, 0.25) is 0 Å². The molecule has 3 heteroatoms. The van der Waals surface area contributed by atoms with Gasteiger partial charge in [-0.05, 0) is 56.7 Å². The molecule has 1 heterocycles. The second-order valence-electron chi connectivity index (χ2n) is 7.35. The molecular formula is C19H29NO2. The highest BCUT2D eigenvalue weighted by Gasteiger charge is 2.42. The molecule has 0 radical (unpaired) electrons. The minimum absolute atomic E-state index is 0.142.